The van der Waals surface area contributed by atoms with Gasteiger partial charge in [-0.1, -0.05) is 36.8 Å². The fourth-order valence-corrected chi connectivity index (χ4v) is 2.81. The Bertz CT molecular complexity index is 563. The fourth-order valence-electron chi connectivity index (χ4n) is 2.81. The van der Waals surface area contributed by atoms with Crippen molar-refractivity contribution in [3.8, 4) is 0 Å². The lowest BCUT2D eigenvalue weighted by Crippen LogP contribution is -2.36. The van der Waals surface area contributed by atoms with Crippen molar-refractivity contribution in [2.24, 2.45) is 11.8 Å². The molecule has 1 unspecified atom stereocenters. The third-order valence-electron chi connectivity index (χ3n) is 4.04. The van der Waals surface area contributed by atoms with Gasteiger partial charge in [-0.05, 0) is 35.8 Å². The third-order valence-corrected chi connectivity index (χ3v) is 4.04. The maximum Gasteiger partial charge on any atom is 0.131 e. The van der Waals surface area contributed by atoms with Gasteiger partial charge in [0, 0.05) is 11.4 Å². The summed E-state index contributed by atoms with van der Waals surface area (Å²) in [5, 5.41) is 1.64. The second-order valence-electron chi connectivity index (χ2n) is 5.02. The highest BCUT2D eigenvalue weighted by atomic mass is 19.1. The van der Waals surface area contributed by atoms with Crippen molar-refractivity contribution in [2.45, 2.75) is 25.3 Å². The minimum Gasteiger partial charge on any atom is -0.271 e. The molecule has 0 aliphatic heterocycles. The molecule has 94 valence electrons. The lowest BCUT2D eigenvalue weighted by Gasteiger charge is -2.34. The van der Waals surface area contributed by atoms with Crippen LogP contribution < -0.4 is 11.3 Å². The van der Waals surface area contributed by atoms with Crippen LogP contribution in [0.25, 0.3) is 10.8 Å². The highest BCUT2D eigenvalue weighted by Crippen LogP contribution is 2.39. The zero-order valence-corrected chi connectivity index (χ0v) is 10.2. The van der Waals surface area contributed by atoms with E-state index in [0.29, 0.717) is 11.3 Å². The van der Waals surface area contributed by atoms with E-state index in [1.54, 1.807) is 6.07 Å². The van der Waals surface area contributed by atoms with Gasteiger partial charge in [0.15, 0.2) is 0 Å². The van der Waals surface area contributed by atoms with E-state index < -0.39 is 0 Å². The van der Waals surface area contributed by atoms with Crippen LogP contribution in [-0.2, 0) is 0 Å². The third kappa shape index (κ3) is 1.80. The maximum atomic E-state index is 13.8. The Kier molecular flexibility index (Phi) is 3.02. The molecule has 1 fully saturated rings. The normalized spacial score (nSPS) is 17.7. The summed E-state index contributed by atoms with van der Waals surface area (Å²) in [4.78, 5) is 0. The van der Waals surface area contributed by atoms with E-state index in [1.807, 2.05) is 30.3 Å². The first-order valence-corrected chi connectivity index (χ1v) is 6.44. The fraction of sp³-hybridized carbons (Fsp3) is 0.333. The number of hydrazine groups is 1. The van der Waals surface area contributed by atoms with Gasteiger partial charge in [-0.25, -0.2) is 4.39 Å². The number of benzene rings is 2. The zero-order valence-electron chi connectivity index (χ0n) is 10.2. The molecule has 0 saturated heterocycles. The molecule has 3 N–H and O–H groups in total. The van der Waals surface area contributed by atoms with Gasteiger partial charge < -0.3 is 0 Å². The Morgan fingerprint density at radius 2 is 1.83 bits per heavy atom. The van der Waals surface area contributed by atoms with E-state index in [1.165, 1.54) is 19.3 Å². The van der Waals surface area contributed by atoms with E-state index in [9.17, 15) is 4.39 Å². The van der Waals surface area contributed by atoms with Crippen molar-refractivity contribution in [1.29, 1.82) is 0 Å². The average Bonchev–Trinajstić information content (AvgIpc) is 2.35. The number of hydrogen-bond donors (Lipinski definition) is 2. The van der Waals surface area contributed by atoms with Crippen molar-refractivity contribution in [3.63, 3.8) is 0 Å². The van der Waals surface area contributed by atoms with Gasteiger partial charge in [-0.3, -0.25) is 11.3 Å². The first-order valence-electron chi connectivity index (χ1n) is 6.44. The standard InChI is InChI=1S/C15H17FN2/c16-14-9-8-13(11-6-1-2-7-12(11)14)15(18-17)10-4-3-5-10/h1-2,6-10,15,18H,3-5,17H2. The molecule has 0 aromatic heterocycles. The Hall–Kier alpha value is -1.45. The summed E-state index contributed by atoms with van der Waals surface area (Å²) < 4.78 is 13.8. The highest BCUT2D eigenvalue weighted by molar-refractivity contribution is 5.86. The second-order valence-corrected chi connectivity index (χ2v) is 5.02. The Morgan fingerprint density at radius 3 is 2.44 bits per heavy atom. The van der Waals surface area contributed by atoms with Crippen LogP contribution in [0, 0.1) is 11.7 Å². The van der Waals surface area contributed by atoms with E-state index in [2.05, 4.69) is 5.43 Å². The summed E-state index contributed by atoms with van der Waals surface area (Å²) in [6.07, 6.45) is 3.66. The molecule has 1 aliphatic carbocycles. The summed E-state index contributed by atoms with van der Waals surface area (Å²) in [6.45, 7) is 0. The molecule has 0 heterocycles. The molecule has 0 amide bonds. The van der Waals surface area contributed by atoms with E-state index in [0.717, 1.165) is 10.9 Å². The van der Waals surface area contributed by atoms with Crippen molar-refractivity contribution >= 4 is 10.8 Å². The molecule has 0 bridgehead atoms. The molecule has 1 atom stereocenters. The monoisotopic (exact) mass is 244 g/mol. The molecular formula is C15H17FN2. The summed E-state index contributed by atoms with van der Waals surface area (Å²) in [7, 11) is 0. The Balaban J connectivity index is 2.13. The minimum atomic E-state index is -0.168. The van der Waals surface area contributed by atoms with E-state index in [4.69, 9.17) is 5.84 Å². The predicted octanol–water partition coefficient (Wildman–Crippen LogP) is 3.28. The van der Waals surface area contributed by atoms with Gasteiger partial charge in [-0.2, -0.15) is 0 Å². The van der Waals surface area contributed by atoms with Gasteiger partial charge >= 0.3 is 0 Å². The first kappa shape index (κ1) is 11.6. The quantitative estimate of drug-likeness (QED) is 0.642. The van der Waals surface area contributed by atoms with Crippen molar-refractivity contribution in [3.05, 3.63) is 47.8 Å². The average molecular weight is 244 g/mol. The molecule has 3 rings (SSSR count). The molecule has 2 aromatic carbocycles. The molecule has 1 saturated carbocycles. The molecule has 18 heavy (non-hydrogen) atoms. The van der Waals surface area contributed by atoms with Crippen LogP contribution in [0.2, 0.25) is 0 Å². The first-order chi connectivity index (χ1) is 8.81. The van der Waals surface area contributed by atoms with Gasteiger partial charge in [0.1, 0.15) is 5.82 Å². The van der Waals surface area contributed by atoms with Crippen LogP contribution in [0.15, 0.2) is 36.4 Å². The van der Waals surface area contributed by atoms with Crippen molar-refractivity contribution < 1.29 is 4.39 Å². The topological polar surface area (TPSA) is 38.0 Å². The highest BCUT2D eigenvalue weighted by Gasteiger charge is 2.28. The summed E-state index contributed by atoms with van der Waals surface area (Å²) in [5.74, 6) is 6.11. The van der Waals surface area contributed by atoms with Crippen molar-refractivity contribution in [2.75, 3.05) is 0 Å². The number of rotatable bonds is 3. The van der Waals surface area contributed by atoms with Crippen LogP contribution in [0.3, 0.4) is 0 Å². The number of nitrogens with one attached hydrogen (secondary N) is 1. The number of halogens is 1. The molecule has 1 aliphatic rings. The number of fused-ring (bicyclic) bond motifs is 1. The van der Waals surface area contributed by atoms with Crippen LogP contribution in [0.4, 0.5) is 4.39 Å². The SMILES string of the molecule is NNC(c1ccc(F)c2ccccc12)C1CCC1. The van der Waals surface area contributed by atoms with E-state index in [-0.39, 0.29) is 11.9 Å². The van der Waals surface area contributed by atoms with Gasteiger partial charge in [0.2, 0.25) is 0 Å². The lowest BCUT2D eigenvalue weighted by atomic mass is 9.76. The van der Waals surface area contributed by atoms with Crippen molar-refractivity contribution in [1.82, 2.24) is 5.43 Å². The maximum absolute atomic E-state index is 13.8. The number of nitrogens with two attached hydrogens (primary N) is 1. The van der Waals surface area contributed by atoms with Crippen LogP contribution in [-0.4, -0.2) is 0 Å². The molecule has 3 heteroatoms. The van der Waals surface area contributed by atoms with Gasteiger partial charge in [0.05, 0.1) is 0 Å². The number of hydrogen-bond acceptors (Lipinski definition) is 2. The van der Waals surface area contributed by atoms with E-state index >= 15 is 0 Å². The lowest BCUT2D eigenvalue weighted by molar-refractivity contribution is 0.233. The van der Waals surface area contributed by atoms with Crippen LogP contribution >= 0.6 is 0 Å². The molecular weight excluding hydrogens is 227 g/mol. The van der Waals surface area contributed by atoms with Gasteiger partial charge in [-0.15, -0.1) is 0 Å². The second kappa shape index (κ2) is 4.67. The largest absolute Gasteiger partial charge is 0.271 e. The van der Waals surface area contributed by atoms with Crippen LogP contribution in [0.1, 0.15) is 30.9 Å². The minimum absolute atomic E-state index is 0.129. The molecule has 2 aromatic rings. The summed E-state index contributed by atoms with van der Waals surface area (Å²) in [5.41, 5.74) is 4.02. The van der Waals surface area contributed by atoms with Crippen LogP contribution in [0.5, 0.6) is 0 Å². The summed E-state index contributed by atoms with van der Waals surface area (Å²) in [6, 6.07) is 11.1. The summed E-state index contributed by atoms with van der Waals surface area (Å²) >= 11 is 0. The Morgan fingerprint density at radius 1 is 1.11 bits per heavy atom. The Labute approximate surface area is 106 Å². The smallest absolute Gasteiger partial charge is 0.131 e. The molecule has 0 radical (unpaired) electrons. The molecule has 0 spiro atoms. The zero-order chi connectivity index (χ0) is 12.5. The molecule has 2 nitrogen and oxygen atoms in total. The predicted molar refractivity (Wildman–Crippen MR) is 71.3 cm³/mol. The van der Waals surface area contributed by atoms with Gasteiger partial charge in [0.25, 0.3) is 0 Å².